The van der Waals surface area contributed by atoms with Gasteiger partial charge in [-0.25, -0.2) is 4.68 Å². The van der Waals surface area contributed by atoms with Gasteiger partial charge in [-0.15, -0.1) is 0 Å². The predicted octanol–water partition coefficient (Wildman–Crippen LogP) is 2.60. The highest BCUT2D eigenvalue weighted by atomic mass is 35.5. The highest BCUT2D eigenvalue weighted by Crippen LogP contribution is 2.14. The summed E-state index contributed by atoms with van der Waals surface area (Å²) < 4.78 is 1.02. The van der Waals surface area contributed by atoms with Gasteiger partial charge in [-0.05, 0) is 12.5 Å². The van der Waals surface area contributed by atoms with Crippen molar-refractivity contribution in [1.29, 1.82) is 0 Å². The van der Waals surface area contributed by atoms with Gasteiger partial charge in [0.25, 0.3) is 5.56 Å². The summed E-state index contributed by atoms with van der Waals surface area (Å²) in [5, 5.41) is 3.79. The molecule has 0 aliphatic heterocycles. The lowest BCUT2D eigenvalue weighted by Crippen LogP contribution is -2.37. The van der Waals surface area contributed by atoms with E-state index in [4.69, 9.17) is 23.2 Å². The topological polar surface area (TPSA) is 55.2 Å². The fourth-order valence-corrected chi connectivity index (χ4v) is 2.24. The maximum atomic E-state index is 12.3. The van der Waals surface area contributed by atoms with Gasteiger partial charge in [-0.2, -0.15) is 5.10 Å². The van der Waals surface area contributed by atoms with Crippen LogP contribution in [-0.4, -0.2) is 27.1 Å². The van der Waals surface area contributed by atoms with Gasteiger partial charge in [-0.3, -0.25) is 9.59 Å². The molecule has 5 nitrogen and oxygen atoms in total. The normalized spacial score (nSPS) is 10.5. The van der Waals surface area contributed by atoms with Crippen molar-refractivity contribution in [2.75, 3.05) is 6.54 Å². The van der Waals surface area contributed by atoms with Gasteiger partial charge in [0, 0.05) is 13.1 Å². The van der Waals surface area contributed by atoms with E-state index in [0.717, 1.165) is 10.2 Å². The van der Waals surface area contributed by atoms with Crippen molar-refractivity contribution in [3.63, 3.8) is 0 Å². The Morgan fingerprint density at radius 3 is 2.59 bits per heavy atom. The number of hydrogen-bond donors (Lipinski definition) is 0. The van der Waals surface area contributed by atoms with E-state index >= 15 is 0 Å². The van der Waals surface area contributed by atoms with E-state index in [9.17, 15) is 9.59 Å². The number of hydrogen-bond acceptors (Lipinski definition) is 3. The Morgan fingerprint density at radius 1 is 1.27 bits per heavy atom. The largest absolute Gasteiger partial charge is 0.337 e. The maximum absolute atomic E-state index is 12.3. The molecule has 0 N–H and O–H groups in total. The summed E-state index contributed by atoms with van der Waals surface area (Å²) in [6.45, 7) is 2.72. The van der Waals surface area contributed by atoms with Gasteiger partial charge >= 0.3 is 0 Å². The van der Waals surface area contributed by atoms with Gasteiger partial charge < -0.3 is 4.90 Å². The highest BCUT2D eigenvalue weighted by molar-refractivity contribution is 6.41. The summed E-state index contributed by atoms with van der Waals surface area (Å²) in [7, 11) is 0. The molecule has 0 bridgehead atoms. The van der Waals surface area contributed by atoms with Gasteiger partial charge in [-0.1, -0.05) is 53.5 Å². The minimum atomic E-state index is -0.571. The number of rotatable bonds is 5. The lowest BCUT2D eigenvalue weighted by atomic mass is 10.2. The molecule has 1 aromatic heterocycles. The van der Waals surface area contributed by atoms with Crippen LogP contribution in [0.1, 0.15) is 12.5 Å². The number of halogens is 2. The zero-order valence-electron chi connectivity index (χ0n) is 12.0. The Labute approximate surface area is 138 Å². The summed E-state index contributed by atoms with van der Waals surface area (Å²) in [4.78, 5) is 25.9. The summed E-state index contributed by atoms with van der Waals surface area (Å²) in [5.41, 5.74) is 0.449. The van der Waals surface area contributed by atoms with Crippen LogP contribution in [0.2, 0.25) is 10.0 Å². The van der Waals surface area contributed by atoms with Crippen molar-refractivity contribution in [2.24, 2.45) is 0 Å². The lowest BCUT2D eigenvalue weighted by Gasteiger charge is -2.21. The maximum Gasteiger partial charge on any atom is 0.287 e. The van der Waals surface area contributed by atoms with E-state index in [-0.39, 0.29) is 22.5 Å². The molecular formula is C15H15Cl2N3O2. The van der Waals surface area contributed by atoms with E-state index in [1.54, 1.807) is 4.90 Å². The summed E-state index contributed by atoms with van der Waals surface area (Å²) in [6, 6.07) is 9.64. The van der Waals surface area contributed by atoms with E-state index in [1.165, 1.54) is 6.20 Å². The third-order valence-electron chi connectivity index (χ3n) is 3.18. The van der Waals surface area contributed by atoms with Crippen molar-refractivity contribution in [1.82, 2.24) is 14.7 Å². The molecule has 1 amide bonds. The molecule has 1 heterocycles. The highest BCUT2D eigenvalue weighted by Gasteiger charge is 2.16. The Morgan fingerprint density at radius 2 is 1.95 bits per heavy atom. The zero-order valence-corrected chi connectivity index (χ0v) is 13.5. The number of benzene rings is 1. The Balaban J connectivity index is 2.13. The van der Waals surface area contributed by atoms with Gasteiger partial charge in [0.1, 0.15) is 11.6 Å². The van der Waals surface area contributed by atoms with Crippen LogP contribution in [0.3, 0.4) is 0 Å². The number of amides is 1. The monoisotopic (exact) mass is 339 g/mol. The van der Waals surface area contributed by atoms with Crippen LogP contribution in [0.5, 0.6) is 0 Å². The second-order valence-corrected chi connectivity index (χ2v) is 5.45. The Kier molecular flexibility index (Phi) is 5.57. The van der Waals surface area contributed by atoms with Gasteiger partial charge in [0.15, 0.2) is 0 Å². The average molecular weight is 340 g/mol. The first kappa shape index (κ1) is 16.5. The summed E-state index contributed by atoms with van der Waals surface area (Å²) in [5.74, 6) is -0.209. The van der Waals surface area contributed by atoms with Crippen LogP contribution < -0.4 is 5.56 Å². The molecule has 1 aromatic carbocycles. The molecule has 0 radical (unpaired) electrons. The smallest absolute Gasteiger partial charge is 0.287 e. The second kappa shape index (κ2) is 7.42. The Bertz CT molecular complexity index is 716. The van der Waals surface area contributed by atoms with Crippen LogP contribution in [-0.2, 0) is 17.9 Å². The summed E-state index contributed by atoms with van der Waals surface area (Å²) in [6.07, 6.45) is 1.26. The first-order chi connectivity index (χ1) is 10.5. The number of carbonyl (C=O) groups excluding carboxylic acids is 1. The van der Waals surface area contributed by atoms with Crippen LogP contribution in [0.4, 0.5) is 0 Å². The number of likely N-dealkylation sites (N-methyl/N-ethyl adjacent to an activating group) is 1. The zero-order chi connectivity index (χ0) is 16.1. The molecule has 0 aliphatic carbocycles. The SMILES string of the molecule is CCN(Cc1ccccc1)C(=O)Cn1ncc(Cl)c(Cl)c1=O. The molecule has 0 saturated carbocycles. The van der Waals surface area contributed by atoms with Crippen molar-refractivity contribution in [3.8, 4) is 0 Å². The second-order valence-electron chi connectivity index (χ2n) is 4.66. The third kappa shape index (κ3) is 3.87. The standard InChI is InChI=1S/C15H15Cl2N3O2/c1-2-19(9-11-6-4-3-5-7-11)13(21)10-20-15(22)14(17)12(16)8-18-20/h3-8H,2,9-10H2,1H3. The quantitative estimate of drug-likeness (QED) is 0.841. The molecule has 0 atom stereocenters. The van der Waals surface area contributed by atoms with Crippen LogP contribution >= 0.6 is 23.2 Å². The minimum Gasteiger partial charge on any atom is -0.337 e. The van der Waals surface area contributed by atoms with E-state index in [1.807, 2.05) is 37.3 Å². The van der Waals surface area contributed by atoms with E-state index in [0.29, 0.717) is 13.1 Å². The molecule has 0 aliphatic rings. The van der Waals surface area contributed by atoms with Crippen molar-refractivity contribution in [2.45, 2.75) is 20.0 Å². The predicted molar refractivity (Wildman–Crippen MR) is 86.1 cm³/mol. The van der Waals surface area contributed by atoms with Crippen molar-refractivity contribution >= 4 is 29.1 Å². The Hall–Kier alpha value is -1.85. The molecule has 116 valence electrons. The fraction of sp³-hybridized carbons (Fsp3) is 0.267. The molecule has 22 heavy (non-hydrogen) atoms. The van der Waals surface area contributed by atoms with Gasteiger partial charge in [0.05, 0.1) is 11.2 Å². The molecule has 2 aromatic rings. The third-order valence-corrected chi connectivity index (χ3v) is 3.93. The van der Waals surface area contributed by atoms with Crippen LogP contribution in [0.25, 0.3) is 0 Å². The fourth-order valence-electron chi connectivity index (χ4n) is 1.97. The minimum absolute atomic E-state index is 0.0759. The molecule has 0 unspecified atom stereocenters. The molecule has 0 spiro atoms. The van der Waals surface area contributed by atoms with E-state index in [2.05, 4.69) is 5.10 Å². The van der Waals surface area contributed by atoms with Gasteiger partial charge in [0.2, 0.25) is 5.91 Å². The van der Waals surface area contributed by atoms with Crippen LogP contribution in [0, 0.1) is 0 Å². The first-order valence-corrected chi connectivity index (χ1v) is 7.51. The number of nitrogens with zero attached hydrogens (tertiary/aromatic N) is 3. The number of aromatic nitrogens is 2. The van der Waals surface area contributed by atoms with Crippen molar-refractivity contribution < 1.29 is 4.79 Å². The lowest BCUT2D eigenvalue weighted by molar-refractivity contribution is -0.132. The molecule has 2 rings (SSSR count). The molecule has 7 heteroatoms. The molecular weight excluding hydrogens is 325 g/mol. The number of carbonyl (C=O) groups is 1. The van der Waals surface area contributed by atoms with Crippen LogP contribution in [0.15, 0.2) is 41.3 Å². The first-order valence-electron chi connectivity index (χ1n) is 6.75. The molecule has 0 fully saturated rings. The van der Waals surface area contributed by atoms with E-state index < -0.39 is 5.56 Å². The molecule has 0 saturated heterocycles. The summed E-state index contributed by atoms with van der Waals surface area (Å²) >= 11 is 11.5. The van der Waals surface area contributed by atoms with Crippen molar-refractivity contribution in [3.05, 3.63) is 62.5 Å². The average Bonchev–Trinajstić information content (AvgIpc) is 2.54.